The minimum absolute atomic E-state index is 0.0133. The van der Waals surface area contributed by atoms with Crippen LogP contribution < -0.4 is 32.0 Å². The van der Waals surface area contributed by atoms with Crippen molar-refractivity contribution in [1.82, 2.24) is 45.8 Å². The Labute approximate surface area is 308 Å². The van der Waals surface area contributed by atoms with E-state index in [0.717, 1.165) is 4.90 Å². The third-order valence-corrected chi connectivity index (χ3v) is 8.58. The summed E-state index contributed by atoms with van der Waals surface area (Å²) in [5.74, 6) is 3.81. The highest BCUT2D eigenvalue weighted by Crippen LogP contribution is 2.34. The average Bonchev–Trinajstić information content (AvgIpc) is 3.81. The number of aliphatic hydroxyl groups is 1. The van der Waals surface area contributed by atoms with Crippen molar-refractivity contribution < 1.29 is 38.4 Å². The Bertz CT molecular complexity index is 2190. The van der Waals surface area contributed by atoms with Crippen molar-refractivity contribution in [3.8, 4) is 29.1 Å². The van der Waals surface area contributed by atoms with Crippen molar-refractivity contribution in [2.45, 2.75) is 71.1 Å². The number of ether oxygens (including phenoxy) is 1. The quantitative estimate of drug-likeness (QED) is 0.0454. The maximum absolute atomic E-state index is 13.2. The number of rotatable bonds is 14. The van der Waals surface area contributed by atoms with E-state index in [1.807, 2.05) is 11.5 Å². The van der Waals surface area contributed by atoms with Gasteiger partial charge < -0.3 is 25.5 Å². The first-order valence-corrected chi connectivity index (χ1v) is 17.3. The highest BCUT2D eigenvalue weighted by atomic mass is 16.6. The van der Waals surface area contributed by atoms with Crippen molar-refractivity contribution in [2.75, 3.05) is 30.9 Å². The van der Waals surface area contributed by atoms with Crippen LogP contribution in [-0.2, 0) is 20.9 Å². The van der Waals surface area contributed by atoms with Crippen LogP contribution >= 0.6 is 0 Å². The van der Waals surface area contributed by atoms with Crippen LogP contribution in [0.2, 0.25) is 0 Å². The van der Waals surface area contributed by atoms with Crippen LogP contribution in [0.5, 0.6) is 5.75 Å². The van der Waals surface area contributed by atoms with Crippen molar-refractivity contribution in [1.29, 1.82) is 0 Å². The Morgan fingerprint density at radius 1 is 1.17 bits per heavy atom. The second-order valence-corrected chi connectivity index (χ2v) is 13.1. The molecule has 3 aromatic heterocycles. The van der Waals surface area contributed by atoms with Gasteiger partial charge in [-0.1, -0.05) is 12.0 Å². The van der Waals surface area contributed by atoms with Gasteiger partial charge in [-0.2, -0.15) is 0 Å². The maximum Gasteiger partial charge on any atom is 0.264 e. The Hall–Kier alpha value is -6.39. The number of amides is 5. The number of fused-ring (bicyclic) bond motifs is 2. The number of hydrogen-bond acceptors (Lipinski definition) is 15. The number of anilines is 2. The molecule has 0 spiro atoms. The molecule has 1 atom stereocenters. The molecular formula is C35H39N11O8. The second kappa shape index (κ2) is 15.7. The molecule has 19 heteroatoms. The topological polar surface area (TPSA) is 262 Å². The van der Waals surface area contributed by atoms with Crippen LogP contribution in [0.4, 0.5) is 11.5 Å². The summed E-state index contributed by atoms with van der Waals surface area (Å²) in [6, 6.07) is 3.48. The van der Waals surface area contributed by atoms with Crippen molar-refractivity contribution in [2.24, 2.45) is 0 Å². The lowest BCUT2D eigenvalue weighted by Gasteiger charge is -2.27. The molecule has 2 aliphatic heterocycles. The van der Waals surface area contributed by atoms with Crippen LogP contribution in [0.1, 0.15) is 79.3 Å². The number of nitrogens with one attached hydrogen (secondary N) is 4. The van der Waals surface area contributed by atoms with Gasteiger partial charge in [-0.25, -0.2) is 14.6 Å². The highest BCUT2D eigenvalue weighted by Gasteiger charge is 2.45. The molecule has 6 rings (SSSR count). The molecule has 54 heavy (non-hydrogen) atoms. The number of piperidine rings is 1. The van der Waals surface area contributed by atoms with E-state index in [4.69, 9.17) is 20.1 Å². The van der Waals surface area contributed by atoms with E-state index >= 15 is 0 Å². The van der Waals surface area contributed by atoms with Gasteiger partial charge in [0.15, 0.2) is 23.1 Å². The molecule has 0 bridgehead atoms. The number of nitrogen functional groups attached to an aromatic ring is 1. The maximum atomic E-state index is 13.2. The lowest BCUT2D eigenvalue weighted by molar-refractivity contribution is -0.136. The fourth-order valence-electron chi connectivity index (χ4n) is 6.06. The van der Waals surface area contributed by atoms with E-state index in [0.29, 0.717) is 67.4 Å². The largest absolute Gasteiger partial charge is 0.490 e. The van der Waals surface area contributed by atoms with E-state index in [2.05, 4.69) is 48.6 Å². The molecule has 2 aliphatic rings. The summed E-state index contributed by atoms with van der Waals surface area (Å²) in [6.07, 6.45) is 2.92. The standard InChI is InChI=1S/C35H39N11O8/c1-4-45-29-23(18-38-21(13-14-35(2,3)52)27(29)40-31(45)28-30(36)44-54-43-28)53-17-7-16-37-15-6-10-25(48)42-41-20-9-5-8-19-26(20)34(51)46(33(19)50)22-11-12-24(47)39-32(22)49/h5,8-9,18,22,37,41,52H,4,6-7,10-12,15-17H2,1-3H3,(H2,36,44)(H,42,48)(H,39,47,49). The first-order valence-electron chi connectivity index (χ1n) is 17.3. The number of hydrazine groups is 1. The predicted octanol–water partition coefficient (Wildman–Crippen LogP) is 0.889. The molecule has 0 radical (unpaired) electrons. The first kappa shape index (κ1) is 37.4. The van der Waals surface area contributed by atoms with E-state index in [1.165, 1.54) is 6.07 Å². The van der Waals surface area contributed by atoms with Crippen LogP contribution in [0, 0.1) is 11.8 Å². The monoisotopic (exact) mass is 741 g/mol. The summed E-state index contributed by atoms with van der Waals surface area (Å²) < 4.78 is 12.8. The van der Waals surface area contributed by atoms with Crippen molar-refractivity contribution >= 4 is 52.1 Å². The Morgan fingerprint density at radius 3 is 2.69 bits per heavy atom. The Morgan fingerprint density at radius 2 is 1.96 bits per heavy atom. The highest BCUT2D eigenvalue weighted by molar-refractivity contribution is 6.25. The molecule has 1 saturated heterocycles. The summed E-state index contributed by atoms with van der Waals surface area (Å²) in [4.78, 5) is 72.8. The SMILES string of the molecule is CCn1c(-c2nonc2N)nc2c(C#CC(C)(C)O)ncc(OCCCNCCCC(=O)NNc3cccc4c3C(=O)N(C3CCC(=O)NC3=O)C4=O)c21. The normalized spacial score (nSPS) is 15.6. The van der Waals surface area contributed by atoms with Gasteiger partial charge in [-0.3, -0.25) is 45.0 Å². The van der Waals surface area contributed by atoms with Gasteiger partial charge in [0.1, 0.15) is 28.4 Å². The summed E-state index contributed by atoms with van der Waals surface area (Å²) >= 11 is 0. The van der Waals surface area contributed by atoms with Crippen LogP contribution in [0.25, 0.3) is 22.6 Å². The molecule has 282 valence electrons. The first-order chi connectivity index (χ1) is 25.9. The number of imide groups is 2. The third kappa shape index (κ3) is 7.84. The van der Waals surface area contributed by atoms with Gasteiger partial charge in [0.25, 0.3) is 11.8 Å². The molecule has 0 aliphatic carbocycles. The molecule has 1 aromatic carbocycles. The van der Waals surface area contributed by atoms with Gasteiger partial charge in [0.05, 0.1) is 29.6 Å². The summed E-state index contributed by atoms with van der Waals surface area (Å²) in [5.41, 5.74) is 12.1. The molecule has 7 N–H and O–H groups in total. The summed E-state index contributed by atoms with van der Waals surface area (Å²) in [6.45, 7) is 7.03. The zero-order valence-electron chi connectivity index (χ0n) is 29.8. The van der Waals surface area contributed by atoms with Gasteiger partial charge >= 0.3 is 0 Å². The Balaban J connectivity index is 0.978. The van der Waals surface area contributed by atoms with E-state index in [-0.39, 0.29) is 53.5 Å². The molecule has 5 heterocycles. The lowest BCUT2D eigenvalue weighted by Crippen LogP contribution is -2.54. The minimum atomic E-state index is -1.24. The number of imidazole rings is 1. The number of aryl methyl sites for hydroxylation is 1. The Kier molecular flexibility index (Phi) is 10.9. The lowest BCUT2D eigenvalue weighted by atomic mass is 10.0. The fourth-order valence-corrected chi connectivity index (χ4v) is 6.06. The summed E-state index contributed by atoms with van der Waals surface area (Å²) in [7, 11) is 0. The minimum Gasteiger partial charge on any atom is -0.490 e. The van der Waals surface area contributed by atoms with Gasteiger partial charge in [0, 0.05) is 19.4 Å². The van der Waals surface area contributed by atoms with E-state index in [9.17, 15) is 29.1 Å². The molecule has 0 saturated carbocycles. The number of carbonyl (C=O) groups is 5. The van der Waals surface area contributed by atoms with Crippen LogP contribution in [0.3, 0.4) is 0 Å². The number of nitrogens with two attached hydrogens (primary N) is 1. The second-order valence-electron chi connectivity index (χ2n) is 13.1. The third-order valence-electron chi connectivity index (χ3n) is 8.58. The van der Waals surface area contributed by atoms with Crippen molar-refractivity contribution in [3.05, 3.63) is 41.2 Å². The van der Waals surface area contributed by atoms with Crippen LogP contribution in [0.15, 0.2) is 29.0 Å². The molecular weight excluding hydrogens is 702 g/mol. The predicted molar refractivity (Wildman–Crippen MR) is 191 cm³/mol. The zero-order chi connectivity index (χ0) is 38.6. The molecule has 19 nitrogen and oxygen atoms in total. The van der Waals surface area contributed by atoms with Gasteiger partial charge in [-0.05, 0) is 81.5 Å². The number of pyridine rings is 1. The number of carbonyl (C=O) groups excluding carboxylic acids is 5. The molecule has 5 amide bonds. The van der Waals surface area contributed by atoms with E-state index < -0.39 is 35.3 Å². The number of nitrogens with zero attached hydrogens (tertiary/aromatic N) is 6. The van der Waals surface area contributed by atoms with Gasteiger partial charge in [-0.15, -0.1) is 0 Å². The number of aromatic nitrogens is 5. The average molecular weight is 742 g/mol. The van der Waals surface area contributed by atoms with Crippen molar-refractivity contribution in [3.63, 3.8) is 0 Å². The number of hydrogen-bond donors (Lipinski definition) is 6. The zero-order valence-corrected chi connectivity index (χ0v) is 29.8. The smallest absolute Gasteiger partial charge is 0.264 e. The summed E-state index contributed by atoms with van der Waals surface area (Å²) in [5, 5.41) is 23.2. The van der Waals surface area contributed by atoms with Gasteiger partial charge in [0.2, 0.25) is 17.7 Å². The molecule has 1 unspecified atom stereocenters. The van der Waals surface area contributed by atoms with Crippen LogP contribution in [-0.4, -0.2) is 95.7 Å². The van der Waals surface area contributed by atoms with E-state index in [1.54, 1.807) is 32.2 Å². The molecule has 1 fully saturated rings. The molecule has 4 aromatic rings. The number of benzene rings is 1. The fraction of sp³-hybridized carbons (Fsp3) is 0.400.